The predicted octanol–water partition coefficient (Wildman–Crippen LogP) is 5.82. The molecular formula is C26H19ClN4O4. The number of carbonyl (C=O) groups is 1. The van der Waals surface area contributed by atoms with Gasteiger partial charge in [-0.1, -0.05) is 59.2 Å². The highest BCUT2D eigenvalue weighted by Crippen LogP contribution is 2.42. The molecule has 9 heteroatoms. The summed E-state index contributed by atoms with van der Waals surface area (Å²) in [7, 11) is 0. The van der Waals surface area contributed by atoms with E-state index < -0.39 is 6.04 Å². The molecule has 8 nitrogen and oxygen atoms in total. The third kappa shape index (κ3) is 3.77. The molecule has 3 aromatic carbocycles. The maximum atomic E-state index is 13.4. The summed E-state index contributed by atoms with van der Waals surface area (Å²) in [5.74, 6) is 1.99. The number of aromatic nitrogens is 2. The SMILES string of the molecule is CC1=C(c2nc(-c3ccccc3)no2)C(c2ccc(Cl)cc2)NC(=O)N1c1ccc2c(c1)OCO2. The van der Waals surface area contributed by atoms with Gasteiger partial charge in [0, 0.05) is 22.3 Å². The minimum Gasteiger partial charge on any atom is -0.454 e. The van der Waals surface area contributed by atoms with Gasteiger partial charge in [-0.2, -0.15) is 4.98 Å². The molecule has 1 N–H and O–H groups in total. The molecular weight excluding hydrogens is 468 g/mol. The van der Waals surface area contributed by atoms with E-state index in [1.54, 1.807) is 35.2 Å². The highest BCUT2D eigenvalue weighted by Gasteiger charge is 2.37. The van der Waals surface area contributed by atoms with Crippen LogP contribution in [0.4, 0.5) is 10.5 Å². The van der Waals surface area contributed by atoms with Crippen LogP contribution in [0, 0.1) is 0 Å². The van der Waals surface area contributed by atoms with Crippen LogP contribution in [0.15, 0.2) is 83.0 Å². The largest absolute Gasteiger partial charge is 0.454 e. The van der Waals surface area contributed by atoms with E-state index in [1.807, 2.05) is 49.4 Å². The Labute approximate surface area is 205 Å². The minimum absolute atomic E-state index is 0.147. The topological polar surface area (TPSA) is 89.7 Å². The second kappa shape index (κ2) is 8.48. The molecule has 1 unspecified atom stereocenters. The number of allylic oxidation sites excluding steroid dienone is 1. The van der Waals surface area contributed by atoms with E-state index >= 15 is 0 Å². The summed E-state index contributed by atoms with van der Waals surface area (Å²) in [6, 6.07) is 21.4. The average molecular weight is 487 g/mol. The molecule has 0 saturated heterocycles. The van der Waals surface area contributed by atoms with Crippen molar-refractivity contribution >= 4 is 28.9 Å². The number of nitrogens with one attached hydrogen (secondary N) is 1. The zero-order chi connectivity index (χ0) is 23.9. The summed E-state index contributed by atoms with van der Waals surface area (Å²) in [5, 5.41) is 7.88. The summed E-state index contributed by atoms with van der Waals surface area (Å²) >= 11 is 6.11. The van der Waals surface area contributed by atoms with E-state index in [0.717, 1.165) is 11.1 Å². The lowest BCUT2D eigenvalue weighted by molar-refractivity contribution is 0.174. The molecule has 0 fully saturated rings. The molecule has 6 rings (SSSR count). The lowest BCUT2D eigenvalue weighted by atomic mass is 9.94. The molecule has 0 radical (unpaired) electrons. The van der Waals surface area contributed by atoms with Gasteiger partial charge in [-0.05, 0) is 36.8 Å². The number of hydrogen-bond acceptors (Lipinski definition) is 6. The molecule has 0 saturated carbocycles. The standard InChI is InChI=1S/C26H19ClN4O4/c1-15-22(25-29-24(30-35-25)17-5-3-2-4-6-17)23(16-7-9-18(27)10-8-16)28-26(32)31(15)19-11-12-20-21(13-19)34-14-33-20/h2-13,23H,14H2,1H3,(H,28,32). The first-order valence-corrected chi connectivity index (χ1v) is 11.3. The third-order valence-corrected chi connectivity index (χ3v) is 6.24. The zero-order valence-electron chi connectivity index (χ0n) is 18.6. The summed E-state index contributed by atoms with van der Waals surface area (Å²) in [6.07, 6.45) is 0. The van der Waals surface area contributed by atoms with Crippen LogP contribution in [0.2, 0.25) is 5.02 Å². The lowest BCUT2D eigenvalue weighted by Crippen LogP contribution is -2.46. The molecule has 174 valence electrons. The van der Waals surface area contributed by atoms with Gasteiger partial charge in [0.25, 0.3) is 5.89 Å². The van der Waals surface area contributed by atoms with Crippen LogP contribution >= 0.6 is 11.6 Å². The summed E-state index contributed by atoms with van der Waals surface area (Å²) in [6.45, 7) is 2.00. The number of halogens is 1. The highest BCUT2D eigenvalue weighted by atomic mass is 35.5. The van der Waals surface area contributed by atoms with Crippen LogP contribution in [0.5, 0.6) is 11.5 Å². The van der Waals surface area contributed by atoms with Crippen LogP contribution in [0.25, 0.3) is 17.0 Å². The number of carbonyl (C=O) groups excluding carboxylic acids is 1. The van der Waals surface area contributed by atoms with Crippen molar-refractivity contribution in [3.05, 3.63) is 95.0 Å². The number of fused-ring (bicyclic) bond motifs is 1. The van der Waals surface area contributed by atoms with Crippen molar-refractivity contribution in [2.24, 2.45) is 0 Å². The Bertz CT molecular complexity index is 1450. The Morgan fingerprint density at radius 2 is 1.77 bits per heavy atom. The highest BCUT2D eigenvalue weighted by molar-refractivity contribution is 6.30. The van der Waals surface area contributed by atoms with Gasteiger partial charge in [0.15, 0.2) is 11.5 Å². The number of rotatable bonds is 4. The minimum atomic E-state index is -0.519. The van der Waals surface area contributed by atoms with Crippen LogP contribution in [-0.4, -0.2) is 23.0 Å². The van der Waals surface area contributed by atoms with Gasteiger partial charge in [-0.3, -0.25) is 4.90 Å². The van der Waals surface area contributed by atoms with Gasteiger partial charge in [-0.15, -0.1) is 0 Å². The molecule has 2 amide bonds. The second-order valence-electron chi connectivity index (χ2n) is 8.10. The fourth-order valence-corrected chi connectivity index (χ4v) is 4.42. The Morgan fingerprint density at radius 3 is 2.57 bits per heavy atom. The van der Waals surface area contributed by atoms with Gasteiger partial charge in [-0.25, -0.2) is 4.79 Å². The molecule has 2 aliphatic rings. The second-order valence-corrected chi connectivity index (χ2v) is 8.53. The average Bonchev–Trinajstić information content (AvgIpc) is 3.54. The smallest absolute Gasteiger partial charge is 0.327 e. The summed E-state index contributed by atoms with van der Waals surface area (Å²) < 4.78 is 16.7. The van der Waals surface area contributed by atoms with E-state index in [9.17, 15) is 4.79 Å². The lowest BCUT2D eigenvalue weighted by Gasteiger charge is -2.35. The van der Waals surface area contributed by atoms with E-state index in [2.05, 4.69) is 15.5 Å². The normalized spacial score (nSPS) is 17.0. The van der Waals surface area contributed by atoms with Crippen molar-refractivity contribution in [1.29, 1.82) is 0 Å². The van der Waals surface area contributed by atoms with E-state index in [4.69, 9.17) is 25.6 Å². The van der Waals surface area contributed by atoms with Gasteiger partial charge in [0.1, 0.15) is 0 Å². The van der Waals surface area contributed by atoms with Crippen molar-refractivity contribution in [3.8, 4) is 22.9 Å². The van der Waals surface area contributed by atoms with Gasteiger partial charge in [0.2, 0.25) is 12.6 Å². The van der Waals surface area contributed by atoms with E-state index in [1.165, 1.54) is 0 Å². The molecule has 0 spiro atoms. The molecule has 0 aliphatic carbocycles. The first kappa shape index (κ1) is 21.2. The predicted molar refractivity (Wildman–Crippen MR) is 130 cm³/mol. The van der Waals surface area contributed by atoms with Gasteiger partial charge < -0.3 is 19.3 Å². The number of amides is 2. The first-order chi connectivity index (χ1) is 17.1. The van der Waals surface area contributed by atoms with Crippen molar-refractivity contribution in [1.82, 2.24) is 15.5 Å². The zero-order valence-corrected chi connectivity index (χ0v) is 19.3. The molecule has 2 aliphatic heterocycles. The van der Waals surface area contributed by atoms with Crippen molar-refractivity contribution < 1.29 is 18.8 Å². The van der Waals surface area contributed by atoms with Crippen LogP contribution in [0.3, 0.4) is 0 Å². The fourth-order valence-electron chi connectivity index (χ4n) is 4.30. The Morgan fingerprint density at radius 1 is 1.00 bits per heavy atom. The first-order valence-electron chi connectivity index (χ1n) is 10.9. The maximum absolute atomic E-state index is 13.4. The molecule has 4 aromatic rings. The number of anilines is 1. The van der Waals surface area contributed by atoms with Crippen LogP contribution in [-0.2, 0) is 0 Å². The van der Waals surface area contributed by atoms with Crippen molar-refractivity contribution in [2.45, 2.75) is 13.0 Å². The number of ether oxygens (including phenoxy) is 2. The third-order valence-electron chi connectivity index (χ3n) is 5.99. The van der Waals surface area contributed by atoms with Crippen molar-refractivity contribution in [3.63, 3.8) is 0 Å². The Kier molecular flexibility index (Phi) is 5.15. The number of urea groups is 1. The Hall–Kier alpha value is -4.30. The maximum Gasteiger partial charge on any atom is 0.327 e. The van der Waals surface area contributed by atoms with Gasteiger partial charge >= 0.3 is 6.03 Å². The monoisotopic (exact) mass is 486 g/mol. The van der Waals surface area contributed by atoms with Crippen LogP contribution in [0.1, 0.15) is 24.4 Å². The Balaban J connectivity index is 1.49. The number of hydrogen-bond donors (Lipinski definition) is 1. The molecule has 3 heterocycles. The molecule has 1 atom stereocenters. The molecule has 1 aromatic heterocycles. The van der Waals surface area contributed by atoms with E-state index in [-0.39, 0.29) is 12.8 Å². The number of benzene rings is 3. The molecule has 35 heavy (non-hydrogen) atoms. The van der Waals surface area contributed by atoms with E-state index in [0.29, 0.717) is 45.2 Å². The van der Waals surface area contributed by atoms with Gasteiger partial charge in [0.05, 0.1) is 17.3 Å². The summed E-state index contributed by atoms with van der Waals surface area (Å²) in [5.41, 5.74) is 3.62. The van der Waals surface area contributed by atoms with Crippen LogP contribution < -0.4 is 19.7 Å². The fraction of sp³-hybridized carbons (Fsp3) is 0.115. The van der Waals surface area contributed by atoms with Crippen molar-refractivity contribution in [2.75, 3.05) is 11.7 Å². The molecule has 0 bridgehead atoms. The number of nitrogens with zero attached hydrogens (tertiary/aromatic N) is 3. The summed E-state index contributed by atoms with van der Waals surface area (Å²) in [4.78, 5) is 19.6. The quantitative estimate of drug-likeness (QED) is 0.391.